The standard InChI is InChI=1S/C11H12BrN3/c12-10-1-2-11(9(7-10)8-13)15-5-3-14-4-6-15/h1-2,7,14H,3-6H2/i3D2,4D2,5D2,6D2. The Morgan fingerprint density at radius 2 is 2.20 bits per heavy atom. The van der Waals surface area contributed by atoms with E-state index in [9.17, 15) is 5.26 Å². The van der Waals surface area contributed by atoms with Crippen LogP contribution in [0.3, 0.4) is 0 Å². The molecule has 0 unspecified atom stereocenters. The number of halogens is 1. The maximum atomic E-state index is 9.23. The first-order valence-electron chi connectivity index (χ1n) is 8.07. The molecule has 0 amide bonds. The summed E-state index contributed by atoms with van der Waals surface area (Å²) in [5, 5.41) is 11.0. The van der Waals surface area contributed by atoms with Gasteiger partial charge in [-0.2, -0.15) is 5.26 Å². The normalized spacial score (nSPS) is 37.5. The molecule has 1 N–H and O–H groups in total. The number of hydrogen-bond donors (Lipinski definition) is 1. The molecule has 1 aromatic rings. The average molecular weight is 274 g/mol. The molecule has 0 aromatic heterocycles. The van der Waals surface area contributed by atoms with E-state index in [0.717, 1.165) is 0 Å². The number of benzene rings is 1. The maximum Gasteiger partial charge on any atom is 0.101 e. The van der Waals surface area contributed by atoms with E-state index >= 15 is 0 Å². The summed E-state index contributed by atoms with van der Waals surface area (Å²) >= 11 is 3.15. The Morgan fingerprint density at radius 1 is 1.47 bits per heavy atom. The Bertz CT molecular complexity index is 658. The lowest BCUT2D eigenvalue weighted by Crippen LogP contribution is -2.43. The van der Waals surface area contributed by atoms with Gasteiger partial charge in [0.1, 0.15) is 6.07 Å². The summed E-state index contributed by atoms with van der Waals surface area (Å²) in [4.78, 5) is 0.349. The van der Waals surface area contributed by atoms with Gasteiger partial charge in [-0.25, -0.2) is 0 Å². The van der Waals surface area contributed by atoms with E-state index in [4.69, 9.17) is 11.0 Å². The predicted octanol–water partition coefficient (Wildman–Crippen LogP) is 1.73. The lowest BCUT2D eigenvalue weighted by atomic mass is 10.1. The first kappa shape index (κ1) is 4.44. The van der Waals surface area contributed by atoms with Crippen LogP contribution >= 0.6 is 15.9 Å². The van der Waals surface area contributed by atoms with Gasteiger partial charge in [-0.3, -0.25) is 0 Å². The van der Waals surface area contributed by atoms with E-state index in [0.29, 0.717) is 9.37 Å². The first-order chi connectivity index (χ1) is 10.3. The number of nitrogens with zero attached hydrogens (tertiary/aromatic N) is 2. The zero-order valence-electron chi connectivity index (χ0n) is 15.5. The molecule has 1 fully saturated rings. The molecule has 1 heterocycles. The van der Waals surface area contributed by atoms with Crippen molar-refractivity contribution in [1.82, 2.24) is 5.32 Å². The van der Waals surface area contributed by atoms with Crippen LogP contribution in [0.25, 0.3) is 0 Å². The fourth-order valence-corrected chi connectivity index (χ4v) is 1.50. The van der Waals surface area contributed by atoms with Crippen molar-refractivity contribution < 1.29 is 11.0 Å². The van der Waals surface area contributed by atoms with Crippen molar-refractivity contribution in [1.29, 1.82) is 5.26 Å². The second kappa shape index (κ2) is 4.65. The van der Waals surface area contributed by atoms with Crippen molar-refractivity contribution >= 4 is 21.6 Å². The Balaban J connectivity index is 2.77. The summed E-state index contributed by atoms with van der Waals surface area (Å²) in [7, 11) is 0. The van der Waals surface area contributed by atoms with Gasteiger partial charge in [-0.15, -0.1) is 0 Å². The molecular weight excluding hydrogens is 254 g/mol. The molecule has 0 atom stereocenters. The van der Waals surface area contributed by atoms with Crippen LogP contribution in [0.15, 0.2) is 22.7 Å². The Kier molecular flexibility index (Phi) is 1.38. The minimum atomic E-state index is -2.96. The molecule has 2 rings (SSSR count). The zero-order chi connectivity index (χ0) is 17.8. The zero-order valence-corrected chi connectivity index (χ0v) is 9.09. The third-order valence-corrected chi connectivity index (χ3v) is 2.27. The molecule has 4 heteroatoms. The molecule has 1 aliphatic rings. The summed E-state index contributed by atoms with van der Waals surface area (Å²) in [5.41, 5.74) is -0.347. The van der Waals surface area contributed by atoms with Gasteiger partial charge >= 0.3 is 0 Å². The predicted molar refractivity (Wildman–Crippen MR) is 63.9 cm³/mol. The summed E-state index contributed by atoms with van der Waals surface area (Å²) in [5.74, 6) is 0. The molecule has 1 aliphatic heterocycles. The van der Waals surface area contributed by atoms with E-state index in [1.54, 1.807) is 11.4 Å². The highest BCUT2D eigenvalue weighted by Gasteiger charge is 2.13. The van der Waals surface area contributed by atoms with Gasteiger partial charge in [0, 0.05) is 35.9 Å². The smallest absolute Gasteiger partial charge is 0.101 e. The topological polar surface area (TPSA) is 39.1 Å². The minimum Gasteiger partial charge on any atom is -0.368 e. The molecule has 0 bridgehead atoms. The molecule has 15 heavy (non-hydrogen) atoms. The first-order valence-corrected chi connectivity index (χ1v) is 4.86. The van der Waals surface area contributed by atoms with Gasteiger partial charge in [0.15, 0.2) is 0 Å². The van der Waals surface area contributed by atoms with Crippen molar-refractivity contribution in [3.8, 4) is 6.07 Å². The molecule has 78 valence electrons. The van der Waals surface area contributed by atoms with E-state index < -0.39 is 26.0 Å². The summed E-state index contributed by atoms with van der Waals surface area (Å²) < 4.78 is 63.5. The number of hydrogen-bond acceptors (Lipinski definition) is 3. The summed E-state index contributed by atoms with van der Waals surface area (Å²) in [6.45, 7) is -11.7. The van der Waals surface area contributed by atoms with Crippen LogP contribution in [0.2, 0.25) is 0 Å². The van der Waals surface area contributed by atoms with Gasteiger partial charge in [-0.05, 0) is 18.2 Å². The second-order valence-electron chi connectivity index (χ2n) is 2.71. The molecular formula is C11H12BrN3. The number of piperazine rings is 1. The van der Waals surface area contributed by atoms with Crippen molar-refractivity contribution in [3.05, 3.63) is 28.2 Å². The van der Waals surface area contributed by atoms with Crippen molar-refractivity contribution in [3.63, 3.8) is 0 Å². The molecule has 1 saturated heterocycles. The number of anilines is 1. The van der Waals surface area contributed by atoms with E-state index in [1.165, 1.54) is 18.2 Å². The molecule has 3 nitrogen and oxygen atoms in total. The van der Waals surface area contributed by atoms with Crippen LogP contribution in [0.4, 0.5) is 5.69 Å². The highest BCUT2D eigenvalue weighted by molar-refractivity contribution is 9.10. The van der Waals surface area contributed by atoms with E-state index in [2.05, 4.69) is 15.9 Å². The molecule has 0 radical (unpaired) electrons. The van der Waals surface area contributed by atoms with E-state index in [1.807, 2.05) is 0 Å². The third-order valence-electron chi connectivity index (χ3n) is 1.78. The summed E-state index contributed by atoms with van der Waals surface area (Å²) in [6.07, 6.45) is 0. The highest BCUT2D eigenvalue weighted by Crippen LogP contribution is 2.24. The fraction of sp³-hybridized carbons (Fsp3) is 0.364. The number of rotatable bonds is 1. The lowest BCUT2D eigenvalue weighted by Gasteiger charge is -2.30. The van der Waals surface area contributed by atoms with Crippen LogP contribution in [0.1, 0.15) is 16.5 Å². The minimum absolute atomic E-state index is 0.111. The largest absolute Gasteiger partial charge is 0.368 e. The van der Waals surface area contributed by atoms with Crippen molar-refractivity contribution in [2.24, 2.45) is 0 Å². The maximum absolute atomic E-state index is 9.23. The van der Waals surface area contributed by atoms with Crippen LogP contribution in [-0.4, -0.2) is 26.0 Å². The molecule has 0 spiro atoms. The van der Waals surface area contributed by atoms with Crippen LogP contribution in [0.5, 0.6) is 0 Å². The fourth-order valence-electron chi connectivity index (χ4n) is 1.14. The van der Waals surface area contributed by atoms with Gasteiger partial charge < -0.3 is 10.2 Å². The lowest BCUT2D eigenvalue weighted by molar-refractivity contribution is 0.589. The quantitative estimate of drug-likeness (QED) is 0.847. The number of nitrogens with one attached hydrogen (secondary N) is 1. The SMILES string of the molecule is [2H]C1([2H])NC([2H])([2H])C([2H])([2H])N(c2ccc(Br)cc2C#N)C1([2H])[2H]. The monoisotopic (exact) mass is 273 g/mol. The van der Waals surface area contributed by atoms with Gasteiger partial charge in [0.2, 0.25) is 0 Å². The Hall–Kier alpha value is -1.05. The van der Waals surface area contributed by atoms with Crippen molar-refractivity contribution in [2.45, 2.75) is 0 Å². The van der Waals surface area contributed by atoms with Gasteiger partial charge in [-0.1, -0.05) is 15.9 Å². The highest BCUT2D eigenvalue weighted by atomic mass is 79.9. The molecule has 0 aliphatic carbocycles. The van der Waals surface area contributed by atoms with Gasteiger partial charge in [0.05, 0.1) is 16.7 Å². The van der Waals surface area contributed by atoms with Crippen LogP contribution in [0, 0.1) is 11.3 Å². The third kappa shape index (κ3) is 2.31. The van der Waals surface area contributed by atoms with Crippen molar-refractivity contribution in [2.75, 3.05) is 30.9 Å². The number of nitriles is 1. The Morgan fingerprint density at radius 3 is 2.87 bits per heavy atom. The second-order valence-corrected chi connectivity index (χ2v) is 3.62. The van der Waals surface area contributed by atoms with Crippen LogP contribution in [-0.2, 0) is 0 Å². The summed E-state index contributed by atoms with van der Waals surface area (Å²) in [6, 6.07) is 5.81. The van der Waals surface area contributed by atoms with Gasteiger partial charge in [0.25, 0.3) is 0 Å². The van der Waals surface area contributed by atoms with Crippen LogP contribution < -0.4 is 10.2 Å². The average Bonchev–Trinajstić information content (AvgIpc) is 2.37. The Labute approximate surface area is 109 Å². The molecule has 1 aromatic carbocycles. The molecule has 0 saturated carbocycles. The van der Waals surface area contributed by atoms with E-state index in [-0.39, 0.29) is 11.3 Å².